The Kier molecular flexibility index (Phi) is 4.50. The van der Waals surface area contributed by atoms with Crippen LogP contribution in [0.4, 0.5) is 22.0 Å². The summed E-state index contributed by atoms with van der Waals surface area (Å²) in [6, 6.07) is 2.29. The highest BCUT2D eigenvalue weighted by Crippen LogP contribution is 2.36. The van der Waals surface area contributed by atoms with E-state index in [9.17, 15) is 26.7 Å². The quantitative estimate of drug-likeness (QED) is 0.478. The number of carbonyl (C=O) groups is 1. The number of pyridine rings is 1. The first-order chi connectivity index (χ1) is 15.2. The lowest BCUT2D eigenvalue weighted by Gasteiger charge is -2.33. The number of rotatable bonds is 3. The van der Waals surface area contributed by atoms with Crippen molar-refractivity contribution in [2.24, 2.45) is 0 Å². The zero-order valence-corrected chi connectivity index (χ0v) is 16.0. The van der Waals surface area contributed by atoms with Crippen LogP contribution in [0.25, 0.3) is 5.52 Å². The molecule has 4 aromatic heterocycles. The van der Waals surface area contributed by atoms with Gasteiger partial charge in [-0.2, -0.15) is 18.3 Å². The lowest BCUT2D eigenvalue weighted by molar-refractivity contribution is -0.137. The Bertz CT molecular complexity index is 1310. The van der Waals surface area contributed by atoms with Crippen molar-refractivity contribution in [3.05, 3.63) is 71.2 Å². The molecule has 0 spiro atoms. The van der Waals surface area contributed by atoms with Crippen molar-refractivity contribution >= 4 is 11.4 Å². The summed E-state index contributed by atoms with van der Waals surface area (Å²) in [6.07, 6.45) is -3.85. The number of fused-ring (bicyclic) bond motifs is 2. The van der Waals surface area contributed by atoms with Crippen molar-refractivity contribution < 1.29 is 31.2 Å². The summed E-state index contributed by atoms with van der Waals surface area (Å²) in [5, 5.41) is 4.32. The molecule has 1 atom stereocenters. The maximum Gasteiger partial charge on any atom is 0.416 e. The van der Waals surface area contributed by atoms with Crippen molar-refractivity contribution in [1.82, 2.24) is 29.5 Å². The standard InChI is InChI=1S/C19H13F5N6O2/c20-17(21)14-16(32-8-27-14)18(31)29-3-2-11-13(26-7-25-11)15(29)12-6-10-5-9(19(22,23)24)1-4-30(10)28-12/h1,4-8,15,17H,2-3H2,(H,25,26). The molecule has 0 radical (unpaired) electrons. The minimum atomic E-state index is -4.54. The van der Waals surface area contributed by atoms with Crippen LogP contribution in [0.3, 0.4) is 0 Å². The number of alkyl halides is 5. The smallest absolute Gasteiger partial charge is 0.416 e. The van der Waals surface area contributed by atoms with Crippen molar-refractivity contribution in [1.29, 1.82) is 0 Å². The molecule has 0 bridgehead atoms. The topological polar surface area (TPSA) is 92.3 Å². The molecular weight excluding hydrogens is 439 g/mol. The highest BCUT2D eigenvalue weighted by atomic mass is 19.4. The number of carbonyl (C=O) groups excluding carboxylic acids is 1. The van der Waals surface area contributed by atoms with Gasteiger partial charge in [0.25, 0.3) is 12.3 Å². The van der Waals surface area contributed by atoms with E-state index < -0.39 is 41.6 Å². The van der Waals surface area contributed by atoms with Gasteiger partial charge in [-0.3, -0.25) is 4.79 Å². The highest BCUT2D eigenvalue weighted by Gasteiger charge is 2.39. The molecular formula is C19H13F5N6O2. The van der Waals surface area contributed by atoms with Crippen LogP contribution in [0.2, 0.25) is 0 Å². The number of aromatic amines is 1. The van der Waals surface area contributed by atoms with E-state index in [0.29, 0.717) is 17.8 Å². The molecule has 0 saturated carbocycles. The zero-order chi connectivity index (χ0) is 22.6. The van der Waals surface area contributed by atoms with Crippen molar-refractivity contribution in [3.63, 3.8) is 0 Å². The lowest BCUT2D eigenvalue weighted by Crippen LogP contribution is -2.41. The average molecular weight is 452 g/mol. The normalized spacial score (nSPS) is 16.7. The van der Waals surface area contributed by atoms with Gasteiger partial charge in [-0.25, -0.2) is 23.3 Å². The Balaban J connectivity index is 1.60. The second-order valence-corrected chi connectivity index (χ2v) is 7.14. The predicted molar refractivity (Wildman–Crippen MR) is 96.8 cm³/mol. The van der Waals surface area contributed by atoms with Gasteiger partial charge in [0.1, 0.15) is 6.04 Å². The summed E-state index contributed by atoms with van der Waals surface area (Å²) >= 11 is 0. The number of H-pyrrole nitrogens is 1. The molecule has 5 rings (SSSR count). The van der Waals surface area contributed by atoms with Crippen molar-refractivity contribution in [2.45, 2.75) is 25.1 Å². The van der Waals surface area contributed by atoms with E-state index in [4.69, 9.17) is 4.42 Å². The summed E-state index contributed by atoms with van der Waals surface area (Å²) in [5.74, 6) is -1.45. The van der Waals surface area contributed by atoms with E-state index >= 15 is 0 Å². The molecule has 13 heteroatoms. The van der Waals surface area contributed by atoms with Gasteiger partial charge < -0.3 is 14.3 Å². The maximum absolute atomic E-state index is 13.3. The van der Waals surface area contributed by atoms with Crippen molar-refractivity contribution in [2.75, 3.05) is 6.54 Å². The molecule has 32 heavy (non-hydrogen) atoms. The molecule has 4 aromatic rings. The third-order valence-electron chi connectivity index (χ3n) is 5.27. The fourth-order valence-electron chi connectivity index (χ4n) is 3.82. The van der Waals surface area contributed by atoms with Crippen LogP contribution in [-0.2, 0) is 12.6 Å². The minimum absolute atomic E-state index is 0.115. The fourth-order valence-corrected chi connectivity index (χ4v) is 3.82. The number of nitrogens with zero attached hydrogens (tertiary/aromatic N) is 5. The largest absolute Gasteiger partial charge is 0.438 e. The maximum atomic E-state index is 13.3. The summed E-state index contributed by atoms with van der Waals surface area (Å²) in [5.41, 5.74) is -0.134. The predicted octanol–water partition coefficient (Wildman–Crippen LogP) is 3.79. The van der Waals surface area contributed by atoms with E-state index in [-0.39, 0.29) is 17.8 Å². The van der Waals surface area contributed by atoms with E-state index in [2.05, 4.69) is 20.1 Å². The number of hydrogen-bond acceptors (Lipinski definition) is 5. The van der Waals surface area contributed by atoms with Crippen LogP contribution in [0, 0.1) is 0 Å². The van der Waals surface area contributed by atoms with Crippen LogP contribution in [0.5, 0.6) is 0 Å². The van der Waals surface area contributed by atoms with E-state index in [0.717, 1.165) is 24.7 Å². The molecule has 1 amide bonds. The fraction of sp³-hybridized carbons (Fsp3) is 0.263. The number of nitrogens with one attached hydrogen (secondary N) is 1. The summed E-state index contributed by atoms with van der Waals surface area (Å²) in [7, 11) is 0. The van der Waals surface area contributed by atoms with Crippen LogP contribution in [0.1, 0.15) is 51.4 Å². The van der Waals surface area contributed by atoms with Gasteiger partial charge in [-0.15, -0.1) is 0 Å². The molecule has 0 aliphatic carbocycles. The highest BCUT2D eigenvalue weighted by molar-refractivity contribution is 5.93. The minimum Gasteiger partial charge on any atom is -0.438 e. The Hall–Kier alpha value is -3.77. The molecule has 166 valence electrons. The SMILES string of the molecule is O=C(c1ocnc1C(F)F)N1CCc2[nH]cnc2C1c1cc2cc(C(F)(F)F)ccn2n1. The van der Waals surface area contributed by atoms with E-state index in [1.54, 1.807) is 0 Å². The van der Waals surface area contributed by atoms with Gasteiger partial charge in [0, 0.05) is 24.9 Å². The molecule has 1 N–H and O–H groups in total. The monoisotopic (exact) mass is 452 g/mol. The van der Waals surface area contributed by atoms with Crippen LogP contribution in [0.15, 0.2) is 41.5 Å². The first-order valence-electron chi connectivity index (χ1n) is 9.35. The van der Waals surface area contributed by atoms with Gasteiger partial charge in [0.2, 0.25) is 5.76 Å². The summed E-state index contributed by atoms with van der Waals surface area (Å²) < 4.78 is 72.0. The van der Waals surface area contributed by atoms with Gasteiger partial charge >= 0.3 is 6.18 Å². The number of hydrogen-bond donors (Lipinski definition) is 1. The molecule has 8 nitrogen and oxygen atoms in total. The Labute approximate surface area is 175 Å². The van der Waals surface area contributed by atoms with Crippen molar-refractivity contribution in [3.8, 4) is 0 Å². The molecule has 1 unspecified atom stereocenters. The first kappa shape index (κ1) is 20.2. The molecule has 0 aromatic carbocycles. The molecule has 0 fully saturated rings. The number of oxazole rings is 1. The number of halogens is 5. The average Bonchev–Trinajstić information content (AvgIpc) is 3.49. The molecule has 5 heterocycles. The third kappa shape index (κ3) is 3.20. The number of imidazole rings is 1. The number of aromatic nitrogens is 5. The second kappa shape index (κ2) is 7.14. The molecule has 1 aliphatic rings. The first-order valence-corrected chi connectivity index (χ1v) is 9.35. The van der Waals surface area contributed by atoms with Crippen LogP contribution in [-0.4, -0.2) is 41.9 Å². The van der Waals surface area contributed by atoms with Crippen LogP contribution < -0.4 is 0 Å². The lowest BCUT2D eigenvalue weighted by atomic mass is 9.99. The van der Waals surface area contributed by atoms with E-state index in [1.807, 2.05) is 0 Å². The van der Waals surface area contributed by atoms with Gasteiger partial charge in [-0.1, -0.05) is 0 Å². The zero-order valence-electron chi connectivity index (χ0n) is 16.0. The Morgan fingerprint density at radius 1 is 1.25 bits per heavy atom. The summed E-state index contributed by atoms with van der Waals surface area (Å²) in [4.78, 5) is 25.0. The van der Waals surface area contributed by atoms with Crippen LogP contribution >= 0.6 is 0 Å². The van der Waals surface area contributed by atoms with Gasteiger partial charge in [0.05, 0.1) is 28.8 Å². The molecule has 1 aliphatic heterocycles. The Morgan fingerprint density at radius 3 is 2.81 bits per heavy atom. The third-order valence-corrected chi connectivity index (χ3v) is 5.27. The summed E-state index contributed by atoms with van der Waals surface area (Å²) in [6.45, 7) is 0.115. The Morgan fingerprint density at radius 2 is 2.06 bits per heavy atom. The number of amides is 1. The van der Waals surface area contributed by atoms with Gasteiger partial charge in [0.15, 0.2) is 12.1 Å². The van der Waals surface area contributed by atoms with E-state index in [1.165, 1.54) is 21.8 Å². The van der Waals surface area contributed by atoms with Gasteiger partial charge in [-0.05, 0) is 18.2 Å². The molecule has 0 saturated heterocycles. The second-order valence-electron chi connectivity index (χ2n) is 7.14.